The van der Waals surface area contributed by atoms with Crippen molar-refractivity contribution < 1.29 is 9.90 Å². The number of benzene rings is 2. The van der Waals surface area contributed by atoms with Crippen molar-refractivity contribution in [2.75, 3.05) is 40.3 Å². The first kappa shape index (κ1) is 23.9. The summed E-state index contributed by atoms with van der Waals surface area (Å²) in [6.07, 6.45) is 1.56. The highest BCUT2D eigenvalue weighted by atomic mass is 16.3. The molecule has 0 radical (unpaired) electrons. The van der Waals surface area contributed by atoms with Crippen molar-refractivity contribution in [1.29, 1.82) is 0 Å². The lowest BCUT2D eigenvalue weighted by Crippen LogP contribution is -2.49. The van der Waals surface area contributed by atoms with Gasteiger partial charge in [0, 0.05) is 19.6 Å². The van der Waals surface area contributed by atoms with Gasteiger partial charge in [-0.05, 0) is 49.5 Å². The molecule has 1 atom stereocenters. The molecule has 0 saturated heterocycles. The minimum atomic E-state index is -0.305. The highest BCUT2D eigenvalue weighted by molar-refractivity contribution is 5.74. The summed E-state index contributed by atoms with van der Waals surface area (Å²) in [6, 6.07) is 18.2. The van der Waals surface area contributed by atoms with E-state index < -0.39 is 0 Å². The zero-order chi connectivity index (χ0) is 21.9. The lowest BCUT2D eigenvalue weighted by molar-refractivity contribution is 0.174. The van der Waals surface area contributed by atoms with Crippen LogP contribution >= 0.6 is 0 Å². The van der Waals surface area contributed by atoms with Crippen LogP contribution in [0.25, 0.3) is 11.1 Å². The normalized spacial score (nSPS) is 12.2. The molecule has 0 aliphatic heterocycles. The Morgan fingerprint density at radius 1 is 0.933 bits per heavy atom. The zero-order valence-electron chi connectivity index (χ0n) is 18.8. The number of nitrogens with one attached hydrogen (secondary N) is 1. The Balaban J connectivity index is 1.97. The molecule has 164 valence electrons. The van der Waals surface area contributed by atoms with Crippen LogP contribution in [-0.2, 0) is 6.42 Å². The number of rotatable bonds is 11. The molecule has 0 heterocycles. The summed E-state index contributed by atoms with van der Waals surface area (Å²) in [6.45, 7) is 6.46. The highest BCUT2D eigenvalue weighted by Gasteiger charge is 2.18. The van der Waals surface area contributed by atoms with E-state index >= 15 is 0 Å². The largest absolute Gasteiger partial charge is 0.394 e. The van der Waals surface area contributed by atoms with Gasteiger partial charge in [-0.1, -0.05) is 68.4 Å². The van der Waals surface area contributed by atoms with Gasteiger partial charge >= 0.3 is 6.03 Å². The lowest BCUT2D eigenvalue weighted by Gasteiger charge is -2.27. The average Bonchev–Trinajstić information content (AvgIpc) is 2.74. The van der Waals surface area contributed by atoms with Crippen LogP contribution in [0.15, 0.2) is 54.6 Å². The minimum absolute atomic E-state index is 0.0854. The topological polar surface area (TPSA) is 55.8 Å². The maximum atomic E-state index is 12.9. The number of carbonyl (C=O) groups is 1. The van der Waals surface area contributed by atoms with Gasteiger partial charge in [0.1, 0.15) is 0 Å². The maximum Gasteiger partial charge on any atom is 0.317 e. The van der Waals surface area contributed by atoms with Crippen molar-refractivity contribution >= 4 is 6.03 Å². The first-order valence-electron chi connectivity index (χ1n) is 10.8. The summed E-state index contributed by atoms with van der Waals surface area (Å²) < 4.78 is 0. The molecule has 2 rings (SSSR count). The molecule has 0 aliphatic rings. The standard InChI is InChI=1S/C25H37N3O2/c1-20(2)14-15-28(17-16-27(3)4)25(30)26-24(19-29)18-21-10-12-23(13-11-21)22-8-6-5-7-9-22/h5-13,20,24,29H,14-19H2,1-4H3,(H,26,30). The van der Waals surface area contributed by atoms with E-state index in [4.69, 9.17) is 0 Å². The van der Waals surface area contributed by atoms with Crippen molar-refractivity contribution in [3.8, 4) is 11.1 Å². The van der Waals surface area contributed by atoms with Gasteiger partial charge in [-0.15, -0.1) is 0 Å². The number of carbonyl (C=O) groups excluding carboxylic acids is 1. The number of amides is 2. The van der Waals surface area contributed by atoms with E-state index in [2.05, 4.69) is 60.5 Å². The van der Waals surface area contributed by atoms with Crippen LogP contribution in [0.1, 0.15) is 25.8 Å². The Morgan fingerprint density at radius 2 is 1.57 bits per heavy atom. The second kappa shape index (κ2) is 12.4. The predicted octanol–water partition coefficient (Wildman–Crippen LogP) is 3.88. The minimum Gasteiger partial charge on any atom is -0.394 e. The third-order valence-electron chi connectivity index (χ3n) is 5.17. The van der Waals surface area contributed by atoms with Crippen LogP contribution in [0.5, 0.6) is 0 Å². The van der Waals surface area contributed by atoms with Crippen LogP contribution in [0, 0.1) is 5.92 Å². The molecule has 5 nitrogen and oxygen atoms in total. The lowest BCUT2D eigenvalue weighted by atomic mass is 10.0. The van der Waals surface area contributed by atoms with Gasteiger partial charge in [0.25, 0.3) is 0 Å². The third-order valence-corrected chi connectivity index (χ3v) is 5.17. The second-order valence-electron chi connectivity index (χ2n) is 8.57. The van der Waals surface area contributed by atoms with Crippen molar-refractivity contribution in [1.82, 2.24) is 15.1 Å². The van der Waals surface area contributed by atoms with E-state index in [1.165, 1.54) is 5.56 Å². The molecule has 0 aliphatic carbocycles. The molecule has 0 bridgehead atoms. The van der Waals surface area contributed by atoms with Crippen LogP contribution in [0.2, 0.25) is 0 Å². The molecule has 0 aromatic heterocycles. The summed E-state index contributed by atoms with van der Waals surface area (Å²) in [5, 5.41) is 12.9. The summed E-state index contributed by atoms with van der Waals surface area (Å²) in [5.74, 6) is 0.538. The molecule has 2 aromatic rings. The quantitative estimate of drug-likeness (QED) is 0.590. The van der Waals surface area contributed by atoms with E-state index in [0.29, 0.717) is 18.9 Å². The van der Waals surface area contributed by atoms with E-state index in [0.717, 1.165) is 30.6 Å². The molecule has 1 unspecified atom stereocenters. The van der Waals surface area contributed by atoms with Crippen molar-refractivity contribution in [2.24, 2.45) is 5.92 Å². The fourth-order valence-corrected chi connectivity index (χ4v) is 3.23. The second-order valence-corrected chi connectivity index (χ2v) is 8.57. The first-order chi connectivity index (χ1) is 14.4. The smallest absolute Gasteiger partial charge is 0.317 e. The maximum absolute atomic E-state index is 12.9. The Labute approximate surface area is 181 Å². The monoisotopic (exact) mass is 411 g/mol. The average molecular weight is 412 g/mol. The fraction of sp³-hybridized carbons (Fsp3) is 0.480. The summed E-state index contributed by atoms with van der Waals surface area (Å²) in [5.41, 5.74) is 3.43. The van der Waals surface area contributed by atoms with Gasteiger partial charge < -0.3 is 20.2 Å². The van der Waals surface area contributed by atoms with E-state index in [1.807, 2.05) is 37.2 Å². The number of hydrogen-bond acceptors (Lipinski definition) is 3. The van der Waals surface area contributed by atoms with E-state index in [1.54, 1.807) is 0 Å². The molecule has 2 aromatic carbocycles. The molecule has 5 heteroatoms. The molecule has 0 saturated carbocycles. The molecular formula is C25H37N3O2. The third kappa shape index (κ3) is 8.17. The Kier molecular flexibility index (Phi) is 9.84. The number of nitrogens with zero attached hydrogens (tertiary/aromatic N) is 2. The summed E-state index contributed by atoms with van der Waals surface area (Å²) in [7, 11) is 4.02. The zero-order valence-corrected chi connectivity index (χ0v) is 18.8. The molecule has 30 heavy (non-hydrogen) atoms. The predicted molar refractivity (Wildman–Crippen MR) is 125 cm³/mol. The van der Waals surface area contributed by atoms with E-state index in [9.17, 15) is 9.90 Å². The van der Waals surface area contributed by atoms with Gasteiger partial charge in [0.05, 0.1) is 12.6 Å². The number of urea groups is 1. The molecule has 0 fully saturated rings. The summed E-state index contributed by atoms with van der Waals surface area (Å²) >= 11 is 0. The molecule has 2 amide bonds. The summed E-state index contributed by atoms with van der Waals surface area (Å²) in [4.78, 5) is 16.8. The van der Waals surface area contributed by atoms with Crippen LogP contribution in [0.4, 0.5) is 4.79 Å². The van der Waals surface area contributed by atoms with Crippen LogP contribution < -0.4 is 5.32 Å². The van der Waals surface area contributed by atoms with Crippen molar-refractivity contribution in [2.45, 2.75) is 32.7 Å². The van der Waals surface area contributed by atoms with Crippen LogP contribution in [-0.4, -0.2) is 67.3 Å². The Morgan fingerprint density at radius 3 is 2.13 bits per heavy atom. The Hall–Kier alpha value is -2.37. The SMILES string of the molecule is CC(C)CCN(CCN(C)C)C(=O)NC(CO)Cc1ccc(-c2ccccc2)cc1. The Bertz CT molecular complexity index is 733. The van der Waals surface area contributed by atoms with E-state index in [-0.39, 0.29) is 18.7 Å². The van der Waals surface area contributed by atoms with Crippen LogP contribution in [0.3, 0.4) is 0 Å². The number of likely N-dealkylation sites (N-methyl/N-ethyl adjacent to an activating group) is 1. The number of hydrogen-bond donors (Lipinski definition) is 2. The van der Waals surface area contributed by atoms with Gasteiger partial charge in [-0.2, -0.15) is 0 Å². The first-order valence-corrected chi connectivity index (χ1v) is 10.8. The molecular weight excluding hydrogens is 374 g/mol. The molecule has 0 spiro atoms. The van der Waals surface area contributed by atoms with Gasteiger partial charge in [-0.3, -0.25) is 0 Å². The number of aliphatic hydroxyl groups excluding tert-OH is 1. The highest BCUT2D eigenvalue weighted by Crippen LogP contribution is 2.19. The fourth-order valence-electron chi connectivity index (χ4n) is 3.23. The van der Waals surface area contributed by atoms with Crippen molar-refractivity contribution in [3.05, 3.63) is 60.2 Å². The number of aliphatic hydroxyl groups is 1. The molecule has 2 N–H and O–H groups in total. The van der Waals surface area contributed by atoms with Crippen molar-refractivity contribution in [3.63, 3.8) is 0 Å². The van der Waals surface area contributed by atoms with Gasteiger partial charge in [0.2, 0.25) is 0 Å². The van der Waals surface area contributed by atoms with Gasteiger partial charge in [-0.25, -0.2) is 4.79 Å². The van der Waals surface area contributed by atoms with Gasteiger partial charge in [0.15, 0.2) is 0 Å².